The summed E-state index contributed by atoms with van der Waals surface area (Å²) in [4.78, 5) is 3.10. The summed E-state index contributed by atoms with van der Waals surface area (Å²) >= 11 is 0. The van der Waals surface area contributed by atoms with Crippen LogP contribution in [0.5, 0.6) is 0 Å². The van der Waals surface area contributed by atoms with Crippen molar-refractivity contribution in [2.75, 3.05) is 26.9 Å². The fourth-order valence-corrected chi connectivity index (χ4v) is 2.03. The van der Waals surface area contributed by atoms with E-state index in [1.807, 2.05) is 20.9 Å². The van der Waals surface area contributed by atoms with Crippen LogP contribution in [-0.4, -0.2) is 43.5 Å². The Bertz CT molecular complexity index is 313. The van der Waals surface area contributed by atoms with Gasteiger partial charge in [0.05, 0.1) is 13.2 Å². The molecule has 0 aromatic heterocycles. The van der Waals surface area contributed by atoms with Crippen LogP contribution >= 0.6 is 0 Å². The van der Waals surface area contributed by atoms with Crippen molar-refractivity contribution in [1.82, 2.24) is 0 Å². The molecule has 1 heterocycles. The van der Waals surface area contributed by atoms with Crippen LogP contribution in [0.15, 0.2) is 11.6 Å². The van der Waals surface area contributed by atoms with E-state index in [4.69, 9.17) is 14.6 Å². The van der Waals surface area contributed by atoms with E-state index in [9.17, 15) is 0 Å². The fraction of sp³-hybridized carbons (Fsp3) is 0.842. The van der Waals surface area contributed by atoms with Gasteiger partial charge in [-0.25, -0.2) is 4.99 Å². The van der Waals surface area contributed by atoms with Crippen molar-refractivity contribution in [3.63, 3.8) is 0 Å². The largest absolute Gasteiger partial charge is 0.397 e. The summed E-state index contributed by atoms with van der Waals surface area (Å²) in [7, 11) is 1.95. The van der Waals surface area contributed by atoms with Gasteiger partial charge < -0.3 is 14.6 Å². The summed E-state index contributed by atoms with van der Waals surface area (Å²) in [6, 6.07) is 0. The first-order chi connectivity index (χ1) is 11.0. The molecule has 23 heavy (non-hydrogen) atoms. The molecule has 1 spiro atoms. The Balaban J connectivity index is 0. The zero-order chi connectivity index (χ0) is 18.1. The maximum Gasteiger partial charge on any atom is 0.173 e. The third kappa shape index (κ3) is 11.5. The zero-order valence-electron chi connectivity index (χ0n) is 16.5. The van der Waals surface area contributed by atoms with Gasteiger partial charge in [0.15, 0.2) is 11.5 Å². The maximum atomic E-state index is 7.57. The van der Waals surface area contributed by atoms with Gasteiger partial charge in [0, 0.05) is 31.9 Å². The normalized spacial score (nSPS) is 19.1. The second kappa shape index (κ2) is 16.2. The van der Waals surface area contributed by atoms with Crippen LogP contribution < -0.4 is 4.99 Å². The molecule has 0 amide bonds. The van der Waals surface area contributed by atoms with Crippen LogP contribution in [0.1, 0.15) is 73.6 Å². The molecule has 2 fully saturated rings. The molecule has 0 radical (unpaired) electrons. The highest BCUT2D eigenvalue weighted by Crippen LogP contribution is 2.38. The first kappa shape index (κ1) is 24.5. The Hall–Kier alpha value is -0.710. The van der Waals surface area contributed by atoms with E-state index in [0.29, 0.717) is 0 Å². The lowest BCUT2D eigenvalue weighted by Gasteiger charge is -2.43. The topological polar surface area (TPSA) is 52.7 Å². The maximum absolute atomic E-state index is 7.57. The summed E-state index contributed by atoms with van der Waals surface area (Å²) in [6.07, 6.45) is 7.92. The highest BCUT2D eigenvalue weighted by molar-refractivity contribution is 5.92. The summed E-state index contributed by atoms with van der Waals surface area (Å²) in [5.41, 5.74) is 2.61. The Kier molecular flexibility index (Phi) is 17.2. The zero-order valence-corrected chi connectivity index (χ0v) is 16.5. The number of hydrogen-bond acceptors (Lipinski definition) is 3. The average Bonchev–Trinajstić information content (AvgIpc) is 2.57. The molecule has 4 heteroatoms. The predicted molar refractivity (Wildman–Crippen MR) is 98.8 cm³/mol. The predicted octanol–water partition coefficient (Wildman–Crippen LogP) is 2.84. The molecule has 138 valence electrons. The molecule has 1 aliphatic carbocycles. The number of aliphatic hydroxyl groups excluding tert-OH is 1. The standard InChI is InChI=1S/C8H15N.C7H12O2.C2H6O.C2H6/c1-5-6-7(2)8(3)9-4;1-3-7(4-1)8-5-2-6-9-7;1-2-3;1-2/h6H,5H2,1-4H3;1-6H2;3H,2H2,1H3;1-2H3/p+1/b7-6-,9-8?;;;. The summed E-state index contributed by atoms with van der Waals surface area (Å²) in [5, 5.41) is 7.57. The van der Waals surface area contributed by atoms with Crippen LogP contribution in [0.25, 0.3) is 0 Å². The number of rotatable bonds is 2. The van der Waals surface area contributed by atoms with Crippen molar-refractivity contribution in [2.24, 2.45) is 0 Å². The Morgan fingerprint density at radius 2 is 1.57 bits per heavy atom. The third-order valence-corrected chi connectivity index (χ3v) is 3.61. The van der Waals surface area contributed by atoms with Gasteiger partial charge in [-0.3, -0.25) is 0 Å². The molecule has 4 nitrogen and oxygen atoms in total. The molecule has 0 bridgehead atoms. The van der Waals surface area contributed by atoms with Gasteiger partial charge in [-0.05, 0) is 33.1 Å². The van der Waals surface area contributed by atoms with E-state index in [1.54, 1.807) is 6.92 Å². The van der Waals surface area contributed by atoms with Gasteiger partial charge >= 0.3 is 0 Å². The molecule has 0 unspecified atom stereocenters. The molecule has 1 saturated heterocycles. The first-order valence-corrected chi connectivity index (χ1v) is 9.12. The van der Waals surface area contributed by atoms with Crippen LogP contribution in [0.3, 0.4) is 0 Å². The SMILES string of the molecule is C1COC2(CCC2)OC1.CC.CC/C=C(/C)C(C)=[NH+]C.CCO. The fourth-order valence-electron chi connectivity index (χ4n) is 2.03. The van der Waals surface area contributed by atoms with Crippen molar-refractivity contribution in [3.05, 3.63) is 11.6 Å². The van der Waals surface area contributed by atoms with E-state index >= 15 is 0 Å². The molecular weight excluding hydrogens is 290 g/mol. The summed E-state index contributed by atoms with van der Waals surface area (Å²) in [6.45, 7) is 14.1. The molecule has 0 aromatic rings. The lowest BCUT2D eigenvalue weighted by atomic mass is 9.90. The van der Waals surface area contributed by atoms with E-state index < -0.39 is 0 Å². The minimum absolute atomic E-state index is 0.0990. The summed E-state index contributed by atoms with van der Waals surface area (Å²) in [5.74, 6) is -0.0990. The highest BCUT2D eigenvalue weighted by Gasteiger charge is 2.40. The highest BCUT2D eigenvalue weighted by atomic mass is 16.7. The molecule has 0 aromatic carbocycles. The quantitative estimate of drug-likeness (QED) is 0.766. The number of hydrogen-bond donors (Lipinski definition) is 2. The Morgan fingerprint density at radius 3 is 1.83 bits per heavy atom. The smallest absolute Gasteiger partial charge is 0.173 e. The minimum Gasteiger partial charge on any atom is -0.397 e. The van der Waals surface area contributed by atoms with Gasteiger partial charge in [0.2, 0.25) is 0 Å². The monoisotopic (exact) mass is 330 g/mol. The van der Waals surface area contributed by atoms with Gasteiger partial charge in [-0.2, -0.15) is 0 Å². The van der Waals surface area contributed by atoms with Crippen LogP contribution in [0.4, 0.5) is 0 Å². The van der Waals surface area contributed by atoms with Gasteiger partial charge in [0.1, 0.15) is 7.05 Å². The third-order valence-electron chi connectivity index (χ3n) is 3.61. The van der Waals surface area contributed by atoms with E-state index in [0.717, 1.165) is 38.9 Å². The minimum atomic E-state index is -0.0990. The summed E-state index contributed by atoms with van der Waals surface area (Å²) < 4.78 is 11.0. The van der Waals surface area contributed by atoms with E-state index in [2.05, 4.69) is 31.8 Å². The molecule has 0 atom stereocenters. The van der Waals surface area contributed by atoms with Gasteiger partial charge in [-0.1, -0.05) is 26.8 Å². The number of aliphatic hydroxyl groups is 1. The van der Waals surface area contributed by atoms with Crippen LogP contribution in [-0.2, 0) is 9.47 Å². The molecular formula is C19H40NO3+. The van der Waals surface area contributed by atoms with Gasteiger partial charge in [0.25, 0.3) is 0 Å². The lowest BCUT2D eigenvalue weighted by Crippen LogP contribution is -2.67. The van der Waals surface area contributed by atoms with Crippen LogP contribution in [0, 0.1) is 0 Å². The molecule has 2 aliphatic rings. The van der Waals surface area contributed by atoms with Crippen LogP contribution in [0.2, 0.25) is 0 Å². The number of allylic oxidation sites excluding steroid dienone is 2. The first-order valence-electron chi connectivity index (χ1n) is 9.12. The van der Waals surface area contributed by atoms with E-state index in [1.165, 1.54) is 17.7 Å². The number of nitrogens with one attached hydrogen (secondary N) is 1. The second-order valence-electron chi connectivity index (χ2n) is 5.30. The van der Waals surface area contributed by atoms with E-state index in [-0.39, 0.29) is 12.4 Å². The van der Waals surface area contributed by atoms with Crippen molar-refractivity contribution in [2.45, 2.75) is 79.4 Å². The number of ether oxygens (including phenoxy) is 2. The lowest BCUT2D eigenvalue weighted by molar-refractivity contribution is -0.419. The second-order valence-corrected chi connectivity index (χ2v) is 5.30. The molecule has 1 saturated carbocycles. The molecule has 2 rings (SSSR count). The Morgan fingerprint density at radius 1 is 1.09 bits per heavy atom. The molecule has 2 N–H and O–H groups in total. The Labute approximate surface area is 144 Å². The van der Waals surface area contributed by atoms with Crippen molar-refractivity contribution in [3.8, 4) is 0 Å². The van der Waals surface area contributed by atoms with Crippen molar-refractivity contribution < 1.29 is 19.6 Å². The van der Waals surface area contributed by atoms with Crippen molar-refractivity contribution >= 4 is 5.71 Å². The van der Waals surface area contributed by atoms with Gasteiger partial charge in [-0.15, -0.1) is 0 Å². The van der Waals surface area contributed by atoms with Crippen molar-refractivity contribution in [1.29, 1.82) is 0 Å². The molecule has 1 aliphatic heterocycles. The average molecular weight is 331 g/mol.